The predicted molar refractivity (Wildman–Crippen MR) is 114 cm³/mol. The van der Waals surface area contributed by atoms with Crippen LogP contribution in [0.2, 0.25) is 0 Å². The van der Waals surface area contributed by atoms with Crippen LogP contribution in [0.4, 0.5) is 10.2 Å². The monoisotopic (exact) mass is 447 g/mol. The van der Waals surface area contributed by atoms with E-state index in [1.807, 2.05) is 0 Å². The molecule has 8 nitrogen and oxygen atoms in total. The van der Waals surface area contributed by atoms with Crippen molar-refractivity contribution in [3.63, 3.8) is 0 Å². The topological polar surface area (TPSA) is 95.5 Å². The molecule has 1 amide bonds. The number of aromatic nitrogens is 2. The number of aryl methyl sites for hydroxylation is 1. The molecule has 1 atom stereocenters. The van der Waals surface area contributed by atoms with Gasteiger partial charge in [-0.15, -0.1) is 0 Å². The molecule has 0 saturated carbocycles. The molecule has 1 saturated heterocycles. The third-order valence-electron chi connectivity index (χ3n) is 6.05. The van der Waals surface area contributed by atoms with Crippen molar-refractivity contribution in [2.24, 2.45) is 0 Å². The lowest BCUT2D eigenvalue weighted by Crippen LogP contribution is -2.35. The van der Waals surface area contributed by atoms with E-state index in [4.69, 9.17) is 4.98 Å². The molecular weight excluding hydrogens is 421 g/mol. The Kier molecular flexibility index (Phi) is 5.69. The van der Waals surface area contributed by atoms with Gasteiger partial charge >= 0.3 is 0 Å². The van der Waals surface area contributed by atoms with Crippen LogP contribution >= 0.6 is 0 Å². The van der Waals surface area contributed by atoms with Gasteiger partial charge in [0.1, 0.15) is 17.5 Å². The first-order chi connectivity index (χ1) is 14.7. The zero-order chi connectivity index (χ0) is 22.3. The summed E-state index contributed by atoms with van der Waals surface area (Å²) < 4.78 is 41.1. The fourth-order valence-corrected chi connectivity index (χ4v) is 5.78. The van der Waals surface area contributed by atoms with Crippen LogP contribution < -0.4 is 5.32 Å². The highest BCUT2D eigenvalue weighted by Gasteiger charge is 2.36. The molecule has 2 aliphatic rings. The highest BCUT2D eigenvalue weighted by atomic mass is 32.2. The second-order valence-electron chi connectivity index (χ2n) is 8.06. The number of carbonyl (C=O) groups excluding carboxylic acids is 1. The number of amides is 1. The Labute approximate surface area is 181 Å². The van der Waals surface area contributed by atoms with Gasteiger partial charge in [0.05, 0.1) is 17.1 Å². The van der Waals surface area contributed by atoms with E-state index in [0.29, 0.717) is 43.9 Å². The Morgan fingerprint density at radius 3 is 2.71 bits per heavy atom. The fourth-order valence-electron chi connectivity index (χ4n) is 4.19. The van der Waals surface area contributed by atoms with Crippen LogP contribution in [0.25, 0.3) is 0 Å². The number of hydrogen-bond donors (Lipinski definition) is 1. The minimum Gasteiger partial charge on any atom is -0.373 e. The molecule has 0 spiro atoms. The molecule has 0 bridgehead atoms. The predicted octanol–water partition coefficient (Wildman–Crippen LogP) is 2.05. The summed E-state index contributed by atoms with van der Waals surface area (Å²) >= 11 is 0. The third kappa shape index (κ3) is 4.01. The highest BCUT2D eigenvalue weighted by Crippen LogP contribution is 2.32. The van der Waals surface area contributed by atoms with Crippen molar-refractivity contribution in [3.8, 4) is 0 Å². The maximum atomic E-state index is 13.6. The van der Waals surface area contributed by atoms with Crippen LogP contribution in [-0.4, -0.2) is 60.2 Å². The summed E-state index contributed by atoms with van der Waals surface area (Å²) in [7, 11) is -1.93. The van der Waals surface area contributed by atoms with Gasteiger partial charge in [-0.05, 0) is 43.5 Å². The molecule has 4 rings (SSSR count). The Bertz CT molecular complexity index is 1140. The molecule has 3 heterocycles. The van der Waals surface area contributed by atoms with E-state index in [2.05, 4.69) is 10.3 Å². The van der Waals surface area contributed by atoms with E-state index in [9.17, 15) is 17.6 Å². The zero-order valence-electron chi connectivity index (χ0n) is 17.9. The Morgan fingerprint density at radius 2 is 2.03 bits per heavy atom. The lowest BCUT2D eigenvalue weighted by molar-refractivity contribution is -0.129. The van der Waals surface area contributed by atoms with Gasteiger partial charge in [0.15, 0.2) is 0 Å². The van der Waals surface area contributed by atoms with Gasteiger partial charge < -0.3 is 10.2 Å². The normalized spacial score (nSPS) is 19.4. The lowest BCUT2D eigenvalue weighted by Gasteiger charge is -2.29. The minimum absolute atomic E-state index is 0.00421. The number of rotatable bonds is 4. The number of hydrogen-bond acceptors (Lipinski definition) is 6. The van der Waals surface area contributed by atoms with Crippen LogP contribution in [0.15, 0.2) is 23.1 Å². The van der Waals surface area contributed by atoms with Crippen molar-refractivity contribution < 1.29 is 17.6 Å². The number of halogens is 1. The van der Waals surface area contributed by atoms with E-state index in [1.165, 1.54) is 22.5 Å². The van der Waals surface area contributed by atoms with Crippen molar-refractivity contribution in [2.75, 3.05) is 32.0 Å². The molecule has 31 heavy (non-hydrogen) atoms. The summed E-state index contributed by atoms with van der Waals surface area (Å²) in [6, 6.07) is 3.85. The smallest absolute Gasteiger partial charge is 0.243 e. The molecule has 1 unspecified atom stereocenters. The standard InChI is InChI=1S/C21H26FN5O3S/c1-13-10-16(4-5-18(13)22)31(29,30)27-9-6-15(11-27)20-24-19-12-26(14(2)28)8-7-17(19)21(23-3)25-20/h4-5,10,15H,6-9,11-12H2,1-3H3,(H,23,24,25). The fraction of sp³-hybridized carbons (Fsp3) is 0.476. The average Bonchev–Trinajstić information content (AvgIpc) is 3.25. The van der Waals surface area contributed by atoms with Crippen LogP contribution in [0.5, 0.6) is 0 Å². The first kappa shape index (κ1) is 21.6. The Morgan fingerprint density at radius 1 is 1.26 bits per heavy atom. The van der Waals surface area contributed by atoms with E-state index in [0.717, 1.165) is 17.1 Å². The number of fused-ring (bicyclic) bond motifs is 1. The van der Waals surface area contributed by atoms with Gasteiger partial charge in [0.25, 0.3) is 0 Å². The lowest BCUT2D eigenvalue weighted by atomic mass is 10.0. The van der Waals surface area contributed by atoms with Crippen LogP contribution in [0.1, 0.15) is 41.9 Å². The molecule has 2 aromatic rings. The minimum atomic E-state index is -3.73. The number of sulfonamides is 1. The summed E-state index contributed by atoms with van der Waals surface area (Å²) in [4.78, 5) is 23.1. The maximum Gasteiger partial charge on any atom is 0.243 e. The third-order valence-corrected chi connectivity index (χ3v) is 7.91. The van der Waals surface area contributed by atoms with Crippen molar-refractivity contribution in [2.45, 2.75) is 44.0 Å². The number of nitrogens with one attached hydrogen (secondary N) is 1. The van der Waals surface area contributed by atoms with Gasteiger partial charge in [-0.3, -0.25) is 4.79 Å². The molecule has 166 valence electrons. The van der Waals surface area contributed by atoms with Gasteiger partial charge in [0, 0.05) is 45.1 Å². The van der Waals surface area contributed by atoms with Crippen molar-refractivity contribution in [1.82, 2.24) is 19.2 Å². The van der Waals surface area contributed by atoms with Crippen molar-refractivity contribution >= 4 is 21.7 Å². The van der Waals surface area contributed by atoms with Gasteiger partial charge in [-0.1, -0.05) is 0 Å². The summed E-state index contributed by atoms with van der Waals surface area (Å²) in [5.74, 6) is 0.742. The Hall–Kier alpha value is -2.59. The highest BCUT2D eigenvalue weighted by molar-refractivity contribution is 7.89. The quantitative estimate of drug-likeness (QED) is 0.771. The molecular formula is C21H26FN5O3S. The number of nitrogens with zero attached hydrogens (tertiary/aromatic N) is 4. The Balaban J connectivity index is 1.60. The molecule has 0 aliphatic carbocycles. The van der Waals surface area contributed by atoms with Crippen LogP contribution in [0.3, 0.4) is 0 Å². The molecule has 1 N–H and O–H groups in total. The number of carbonyl (C=O) groups is 1. The van der Waals surface area contributed by atoms with Gasteiger partial charge in [-0.25, -0.2) is 22.8 Å². The van der Waals surface area contributed by atoms with Gasteiger partial charge in [0.2, 0.25) is 15.9 Å². The van der Waals surface area contributed by atoms with Crippen molar-refractivity contribution in [1.29, 1.82) is 0 Å². The first-order valence-corrected chi connectivity index (χ1v) is 11.7. The first-order valence-electron chi connectivity index (χ1n) is 10.3. The van der Waals surface area contributed by atoms with E-state index >= 15 is 0 Å². The van der Waals surface area contributed by atoms with Gasteiger partial charge in [-0.2, -0.15) is 4.31 Å². The molecule has 1 aromatic heterocycles. The van der Waals surface area contributed by atoms with E-state index in [-0.39, 0.29) is 23.3 Å². The largest absolute Gasteiger partial charge is 0.373 e. The summed E-state index contributed by atoms with van der Waals surface area (Å²) in [5.41, 5.74) is 2.11. The molecule has 1 fully saturated rings. The zero-order valence-corrected chi connectivity index (χ0v) is 18.7. The number of anilines is 1. The molecule has 2 aliphatic heterocycles. The summed E-state index contributed by atoms with van der Waals surface area (Å²) in [5, 5.41) is 3.12. The van der Waals surface area contributed by atoms with Crippen LogP contribution in [0, 0.1) is 12.7 Å². The molecule has 1 aromatic carbocycles. The SMILES string of the molecule is CNc1nc(C2CCN(S(=O)(=O)c3ccc(F)c(C)c3)C2)nc2c1CCN(C(C)=O)C2. The average molecular weight is 448 g/mol. The van der Waals surface area contributed by atoms with E-state index < -0.39 is 15.8 Å². The van der Waals surface area contributed by atoms with Crippen molar-refractivity contribution in [3.05, 3.63) is 46.7 Å². The van der Waals surface area contributed by atoms with E-state index in [1.54, 1.807) is 25.8 Å². The number of benzene rings is 1. The van der Waals surface area contributed by atoms with Crippen LogP contribution in [-0.2, 0) is 27.8 Å². The summed E-state index contributed by atoms with van der Waals surface area (Å²) in [6.45, 7) is 4.76. The second-order valence-corrected chi connectivity index (χ2v) is 9.99. The molecule has 10 heteroatoms. The second kappa shape index (κ2) is 8.16. The summed E-state index contributed by atoms with van der Waals surface area (Å²) in [6.07, 6.45) is 1.28. The maximum absolute atomic E-state index is 13.6. The molecule has 0 radical (unpaired) electrons.